The highest BCUT2D eigenvalue weighted by molar-refractivity contribution is 5.14. The van der Waals surface area contributed by atoms with Crippen molar-refractivity contribution in [3.63, 3.8) is 0 Å². The minimum Gasteiger partial charge on any atom is -0.320 e. The first kappa shape index (κ1) is 4.94. The maximum atomic E-state index is 6.94. The lowest BCUT2D eigenvalue weighted by molar-refractivity contribution is 0.725. The molecule has 0 aliphatic heterocycles. The maximum absolute atomic E-state index is 6.94. The van der Waals surface area contributed by atoms with Crippen molar-refractivity contribution < 1.29 is 4.11 Å². The second kappa shape index (κ2) is 4.91. The molecule has 1 rings (SSSR count). The minimum atomic E-state index is -2.00. The number of hydrogen-bond donors (Lipinski definition) is 1. The molecule has 0 unspecified atom stereocenters. The molecule has 0 amide bonds. The fraction of sp³-hybridized carbons (Fsp3) is 0.400. The van der Waals surface area contributed by atoms with E-state index in [1.54, 1.807) is 0 Å². The summed E-state index contributed by atoms with van der Waals surface area (Å²) in [6, 6.07) is 10.1. The van der Waals surface area contributed by atoms with Crippen LogP contribution in [0.3, 0.4) is 0 Å². The maximum Gasteiger partial charge on any atom is 0.0391 e. The van der Waals surface area contributed by atoms with Crippen LogP contribution in [0.1, 0.15) is 16.1 Å². The number of rotatable bonds is 4. The molecule has 1 nitrogen and oxygen atoms in total. The van der Waals surface area contributed by atoms with Gasteiger partial charge in [0.05, 0.1) is 0 Å². The summed E-state index contributed by atoms with van der Waals surface area (Å²) in [6.07, 6.45) is 1.77. The average Bonchev–Trinajstić information content (AvgIpc) is 2.13. The Labute approximate surface area is 72.7 Å². The minimum absolute atomic E-state index is 0.533. The van der Waals surface area contributed by atoms with Gasteiger partial charge in [-0.3, -0.25) is 0 Å². The Kier molecular flexibility index (Phi) is 2.21. The molecule has 0 aliphatic rings. The summed E-state index contributed by atoms with van der Waals surface area (Å²) in [7, 11) is 0. The molecule has 1 aromatic carbocycles. The molecule has 11 heavy (non-hydrogen) atoms. The molecule has 0 aromatic heterocycles. The fourth-order valence-electron chi connectivity index (χ4n) is 1.03. The Bertz CT molecular complexity index is 256. The van der Waals surface area contributed by atoms with Crippen molar-refractivity contribution in [2.45, 2.75) is 12.8 Å². The number of hydrogen-bond acceptors (Lipinski definition) is 1. The van der Waals surface area contributed by atoms with Gasteiger partial charge < -0.3 is 5.32 Å². The molecule has 0 fully saturated rings. The third-order valence-electron chi connectivity index (χ3n) is 1.61. The Balaban J connectivity index is 2.17. The van der Waals surface area contributed by atoms with Gasteiger partial charge in [-0.25, -0.2) is 0 Å². The first-order chi connectivity index (χ1) is 6.58. The van der Waals surface area contributed by atoms with Crippen molar-refractivity contribution in [3.8, 4) is 0 Å². The van der Waals surface area contributed by atoms with E-state index < -0.39 is 6.98 Å². The van der Waals surface area contributed by atoms with E-state index in [4.69, 9.17) is 4.11 Å². The first-order valence-corrected chi connectivity index (χ1v) is 3.87. The van der Waals surface area contributed by atoms with Crippen LogP contribution in [0, 0.1) is 0 Å². The molecule has 60 valence electrons. The molecular weight excluding hydrogens is 134 g/mol. The summed E-state index contributed by atoms with van der Waals surface area (Å²) in [4.78, 5) is 0. The number of benzene rings is 1. The van der Waals surface area contributed by atoms with Crippen LogP contribution in [-0.2, 0) is 6.42 Å². The van der Waals surface area contributed by atoms with Crippen LogP contribution in [0.4, 0.5) is 0 Å². The van der Waals surface area contributed by atoms with Crippen LogP contribution in [0.5, 0.6) is 0 Å². The molecule has 0 saturated heterocycles. The summed E-state index contributed by atoms with van der Waals surface area (Å²) >= 11 is 0. The SMILES string of the molecule is [2H]C([2H])([2H])NCCCc1ccccc1. The van der Waals surface area contributed by atoms with Crippen LogP contribution in [0.25, 0.3) is 0 Å². The van der Waals surface area contributed by atoms with Gasteiger partial charge in [-0.15, -0.1) is 0 Å². The van der Waals surface area contributed by atoms with E-state index in [-0.39, 0.29) is 0 Å². The molecule has 1 heteroatoms. The molecule has 1 aromatic rings. The highest BCUT2D eigenvalue weighted by Gasteiger charge is 1.88. The van der Waals surface area contributed by atoms with Crippen molar-refractivity contribution >= 4 is 0 Å². The van der Waals surface area contributed by atoms with Crippen molar-refractivity contribution in [2.24, 2.45) is 0 Å². The molecule has 0 bridgehead atoms. The third-order valence-corrected chi connectivity index (χ3v) is 1.61. The van der Waals surface area contributed by atoms with Gasteiger partial charge in [0.15, 0.2) is 0 Å². The predicted molar refractivity (Wildman–Crippen MR) is 48.7 cm³/mol. The first-order valence-electron chi connectivity index (χ1n) is 5.37. The largest absolute Gasteiger partial charge is 0.320 e. The van der Waals surface area contributed by atoms with Crippen LogP contribution in [-0.4, -0.2) is 13.5 Å². The Morgan fingerprint density at radius 3 is 2.91 bits per heavy atom. The quantitative estimate of drug-likeness (QED) is 0.649. The topological polar surface area (TPSA) is 12.0 Å². The number of aryl methyl sites for hydroxylation is 1. The average molecular weight is 152 g/mol. The highest BCUT2D eigenvalue weighted by atomic mass is 14.8. The van der Waals surface area contributed by atoms with E-state index in [0.29, 0.717) is 6.54 Å². The van der Waals surface area contributed by atoms with E-state index in [2.05, 4.69) is 17.4 Å². The summed E-state index contributed by atoms with van der Waals surface area (Å²) in [5.41, 5.74) is 1.25. The second-order valence-electron chi connectivity index (χ2n) is 2.52. The molecule has 0 saturated carbocycles. The van der Waals surface area contributed by atoms with Gasteiger partial charge in [-0.05, 0) is 31.9 Å². The van der Waals surface area contributed by atoms with E-state index in [0.717, 1.165) is 12.8 Å². The fourth-order valence-corrected chi connectivity index (χ4v) is 1.03. The van der Waals surface area contributed by atoms with Gasteiger partial charge in [0.2, 0.25) is 0 Å². The van der Waals surface area contributed by atoms with Gasteiger partial charge >= 0.3 is 0 Å². The van der Waals surface area contributed by atoms with Crippen molar-refractivity contribution in [3.05, 3.63) is 35.9 Å². The van der Waals surface area contributed by atoms with Crippen LogP contribution >= 0.6 is 0 Å². The highest BCUT2D eigenvalue weighted by Crippen LogP contribution is 2.00. The standard InChI is InChI=1S/C10H15N/c1-11-9-5-8-10-6-3-2-4-7-10/h2-4,6-7,11H,5,8-9H2,1H3/i1D3. The van der Waals surface area contributed by atoms with Crippen LogP contribution < -0.4 is 5.32 Å². The lowest BCUT2D eigenvalue weighted by Crippen LogP contribution is -2.08. The number of nitrogens with one attached hydrogen (secondary N) is 1. The van der Waals surface area contributed by atoms with Gasteiger partial charge in [0.25, 0.3) is 0 Å². The molecule has 0 heterocycles. The van der Waals surface area contributed by atoms with Crippen LogP contribution in [0.2, 0.25) is 0 Å². The summed E-state index contributed by atoms with van der Waals surface area (Å²) in [5, 5.41) is 2.49. The molecule has 0 spiro atoms. The smallest absolute Gasteiger partial charge is 0.0391 e. The Hall–Kier alpha value is -0.820. The molecule has 0 atom stereocenters. The van der Waals surface area contributed by atoms with E-state index in [9.17, 15) is 0 Å². The molecule has 1 N–H and O–H groups in total. The molecular formula is C10H15N. The van der Waals surface area contributed by atoms with E-state index >= 15 is 0 Å². The lowest BCUT2D eigenvalue weighted by atomic mass is 10.1. The van der Waals surface area contributed by atoms with E-state index in [1.807, 2.05) is 18.2 Å². The van der Waals surface area contributed by atoms with Gasteiger partial charge in [-0.2, -0.15) is 0 Å². The Morgan fingerprint density at radius 2 is 2.18 bits per heavy atom. The zero-order chi connectivity index (χ0) is 10.4. The monoisotopic (exact) mass is 152 g/mol. The van der Waals surface area contributed by atoms with Crippen molar-refractivity contribution in [1.82, 2.24) is 5.32 Å². The van der Waals surface area contributed by atoms with Gasteiger partial charge in [-0.1, -0.05) is 30.3 Å². The lowest BCUT2D eigenvalue weighted by Gasteiger charge is -1.99. The normalized spacial score (nSPS) is 15.1. The second-order valence-corrected chi connectivity index (χ2v) is 2.52. The predicted octanol–water partition coefficient (Wildman–Crippen LogP) is 1.84. The summed E-state index contributed by atoms with van der Waals surface area (Å²) < 4.78 is 20.8. The van der Waals surface area contributed by atoms with Crippen LogP contribution in [0.15, 0.2) is 30.3 Å². The molecule has 0 aliphatic carbocycles. The van der Waals surface area contributed by atoms with Gasteiger partial charge in [0.1, 0.15) is 0 Å². The van der Waals surface area contributed by atoms with E-state index in [1.165, 1.54) is 5.56 Å². The summed E-state index contributed by atoms with van der Waals surface area (Å²) in [6.45, 7) is -1.47. The van der Waals surface area contributed by atoms with Crippen molar-refractivity contribution in [1.29, 1.82) is 0 Å². The van der Waals surface area contributed by atoms with Gasteiger partial charge in [0, 0.05) is 4.11 Å². The zero-order valence-corrected chi connectivity index (χ0v) is 6.51. The third kappa shape index (κ3) is 3.19. The van der Waals surface area contributed by atoms with Crippen molar-refractivity contribution in [2.75, 3.05) is 13.5 Å². The zero-order valence-electron chi connectivity index (χ0n) is 9.51. The summed E-state index contributed by atoms with van der Waals surface area (Å²) in [5.74, 6) is 0. The molecule has 0 radical (unpaired) electrons. The Morgan fingerprint density at radius 1 is 1.36 bits per heavy atom.